The molecule has 0 aromatic heterocycles. The highest BCUT2D eigenvalue weighted by molar-refractivity contribution is 5.72. The summed E-state index contributed by atoms with van der Waals surface area (Å²) in [6, 6.07) is 0.0645. The molecule has 0 aromatic carbocycles. The van der Waals surface area contributed by atoms with Crippen molar-refractivity contribution in [1.29, 1.82) is 0 Å². The van der Waals surface area contributed by atoms with Crippen LogP contribution in [-0.2, 0) is 4.74 Å². The Bertz CT molecular complexity index is 209. The number of hydrogen-bond donors (Lipinski definition) is 1. The maximum atomic E-state index is 11.4. The Balaban J connectivity index is 2.43. The highest BCUT2D eigenvalue weighted by atomic mass is 16.6. The Morgan fingerprint density at radius 2 is 2.08 bits per heavy atom. The van der Waals surface area contributed by atoms with E-state index in [1.807, 2.05) is 27.7 Å². The molecule has 1 heterocycles. The van der Waals surface area contributed by atoms with Crippen molar-refractivity contribution in [1.82, 2.24) is 4.90 Å². The Morgan fingerprint density at radius 3 is 2.38 bits per heavy atom. The van der Waals surface area contributed by atoms with Gasteiger partial charge in [-0.15, -0.1) is 0 Å². The Hall–Kier alpha value is -0.770. The summed E-state index contributed by atoms with van der Waals surface area (Å²) in [5.74, 6) is 0. The van der Waals surface area contributed by atoms with Gasteiger partial charge < -0.3 is 9.84 Å². The summed E-state index contributed by atoms with van der Waals surface area (Å²) in [5, 5.41) is 8.84. The monoisotopic (exact) mass is 187 g/mol. The molecule has 0 aliphatic carbocycles. The fourth-order valence-corrected chi connectivity index (χ4v) is 1.27. The lowest BCUT2D eigenvalue weighted by Gasteiger charge is -2.20. The number of ether oxygens (including phenoxy) is 1. The van der Waals surface area contributed by atoms with Crippen LogP contribution in [0, 0.1) is 0 Å². The number of aliphatic hydroxyl groups excluding tert-OH is 1. The van der Waals surface area contributed by atoms with Crippen molar-refractivity contribution in [3.05, 3.63) is 0 Å². The van der Waals surface area contributed by atoms with E-state index in [-0.39, 0.29) is 24.8 Å². The number of hydrogen-bond acceptors (Lipinski definition) is 3. The van der Waals surface area contributed by atoms with E-state index in [9.17, 15) is 4.79 Å². The molecule has 13 heavy (non-hydrogen) atoms. The normalized spacial score (nSPS) is 27.3. The molecule has 0 radical (unpaired) electrons. The molecule has 1 amide bonds. The van der Waals surface area contributed by atoms with Crippen molar-refractivity contribution in [3.63, 3.8) is 0 Å². The first-order valence-electron chi connectivity index (χ1n) is 4.49. The van der Waals surface area contributed by atoms with Crippen molar-refractivity contribution in [2.75, 3.05) is 6.61 Å². The minimum Gasteiger partial charge on any atom is -0.444 e. The van der Waals surface area contributed by atoms with Crippen molar-refractivity contribution in [2.45, 2.75) is 45.4 Å². The van der Waals surface area contributed by atoms with Crippen molar-refractivity contribution < 1.29 is 14.6 Å². The zero-order valence-corrected chi connectivity index (χ0v) is 8.57. The van der Waals surface area contributed by atoms with Crippen LogP contribution in [0.1, 0.15) is 27.7 Å². The van der Waals surface area contributed by atoms with Crippen LogP contribution in [0.25, 0.3) is 0 Å². The molecule has 1 N–H and O–H groups in total. The van der Waals surface area contributed by atoms with Crippen LogP contribution in [-0.4, -0.2) is 40.4 Å². The second-order valence-electron chi connectivity index (χ2n) is 4.38. The molecule has 4 heteroatoms. The van der Waals surface area contributed by atoms with Crippen LogP contribution < -0.4 is 0 Å². The third kappa shape index (κ3) is 2.34. The maximum Gasteiger partial charge on any atom is 0.411 e. The highest BCUT2D eigenvalue weighted by Crippen LogP contribution is 2.29. The predicted octanol–water partition coefficient (Wildman–Crippen LogP) is 0.987. The van der Waals surface area contributed by atoms with E-state index in [1.54, 1.807) is 4.90 Å². The zero-order valence-electron chi connectivity index (χ0n) is 8.57. The zero-order chi connectivity index (χ0) is 10.2. The van der Waals surface area contributed by atoms with E-state index >= 15 is 0 Å². The number of rotatable bonds is 1. The molecule has 1 aliphatic heterocycles. The van der Waals surface area contributed by atoms with E-state index in [2.05, 4.69) is 0 Å². The topological polar surface area (TPSA) is 49.5 Å². The largest absolute Gasteiger partial charge is 0.444 e. The lowest BCUT2D eigenvalue weighted by molar-refractivity contribution is 0.0385. The molecule has 0 spiro atoms. The number of amides is 1. The van der Waals surface area contributed by atoms with Gasteiger partial charge in [-0.05, 0) is 27.7 Å². The second-order valence-corrected chi connectivity index (χ2v) is 4.38. The summed E-state index contributed by atoms with van der Waals surface area (Å²) in [4.78, 5) is 12.9. The first-order chi connectivity index (χ1) is 5.87. The minimum atomic E-state index is -0.459. The van der Waals surface area contributed by atoms with Crippen LogP contribution in [0.3, 0.4) is 0 Å². The smallest absolute Gasteiger partial charge is 0.411 e. The Morgan fingerprint density at radius 1 is 1.54 bits per heavy atom. The molecule has 0 aromatic rings. The van der Waals surface area contributed by atoms with Crippen LogP contribution in [0.2, 0.25) is 0 Å². The molecule has 4 nitrogen and oxygen atoms in total. The number of nitrogens with zero attached hydrogens (tertiary/aromatic N) is 1. The van der Waals surface area contributed by atoms with Crippen molar-refractivity contribution in [2.24, 2.45) is 0 Å². The molecule has 1 aliphatic rings. The average molecular weight is 187 g/mol. The lowest BCUT2D eigenvalue weighted by atomic mass is 10.2. The van der Waals surface area contributed by atoms with Crippen molar-refractivity contribution in [3.8, 4) is 0 Å². The molecule has 0 saturated carbocycles. The van der Waals surface area contributed by atoms with Gasteiger partial charge in [-0.2, -0.15) is 0 Å². The molecule has 1 saturated heterocycles. The number of carbonyl (C=O) groups is 1. The summed E-state index contributed by atoms with van der Waals surface area (Å²) in [7, 11) is 0. The molecule has 0 unspecified atom stereocenters. The SMILES string of the molecule is C[C@H]1[C@@H](CO)N1C(=O)OC(C)(C)C. The van der Waals surface area contributed by atoms with Crippen LogP contribution in [0.5, 0.6) is 0 Å². The van der Waals surface area contributed by atoms with Gasteiger partial charge in [0, 0.05) is 0 Å². The molecule has 76 valence electrons. The van der Waals surface area contributed by atoms with Crippen LogP contribution in [0.4, 0.5) is 4.79 Å². The molecule has 1 fully saturated rings. The standard InChI is InChI=1S/C9H17NO3/c1-6-7(5-11)10(6)8(12)13-9(2,3)4/h6-7,11H,5H2,1-4H3/t6-,7+,10?/m0/s1. The van der Waals surface area contributed by atoms with Gasteiger partial charge in [0.1, 0.15) is 5.60 Å². The molecule has 1 rings (SSSR count). The lowest BCUT2D eigenvalue weighted by Crippen LogP contribution is -2.28. The summed E-state index contributed by atoms with van der Waals surface area (Å²) in [6.07, 6.45) is -0.334. The summed E-state index contributed by atoms with van der Waals surface area (Å²) in [6.45, 7) is 7.39. The third-order valence-electron chi connectivity index (χ3n) is 2.05. The third-order valence-corrected chi connectivity index (χ3v) is 2.05. The fraction of sp³-hybridized carbons (Fsp3) is 0.889. The summed E-state index contributed by atoms with van der Waals surface area (Å²) in [5.41, 5.74) is -0.459. The van der Waals surface area contributed by atoms with Gasteiger partial charge in [0.2, 0.25) is 0 Å². The molecular weight excluding hydrogens is 170 g/mol. The van der Waals surface area contributed by atoms with E-state index in [0.717, 1.165) is 0 Å². The van der Waals surface area contributed by atoms with Crippen LogP contribution >= 0.6 is 0 Å². The summed E-state index contributed by atoms with van der Waals surface area (Å²) >= 11 is 0. The minimum absolute atomic E-state index is 0.0143. The van der Waals surface area contributed by atoms with Gasteiger partial charge in [0.15, 0.2) is 0 Å². The van der Waals surface area contributed by atoms with E-state index in [4.69, 9.17) is 9.84 Å². The van der Waals surface area contributed by atoms with E-state index in [0.29, 0.717) is 0 Å². The van der Waals surface area contributed by atoms with Gasteiger partial charge >= 0.3 is 6.09 Å². The average Bonchev–Trinajstić information content (AvgIpc) is 2.57. The highest BCUT2D eigenvalue weighted by Gasteiger charge is 2.48. The van der Waals surface area contributed by atoms with Crippen LogP contribution in [0.15, 0.2) is 0 Å². The van der Waals surface area contributed by atoms with Gasteiger partial charge in [-0.3, -0.25) is 4.90 Å². The van der Waals surface area contributed by atoms with Gasteiger partial charge in [-0.25, -0.2) is 4.79 Å². The Labute approximate surface area is 78.5 Å². The van der Waals surface area contributed by atoms with E-state index in [1.165, 1.54) is 0 Å². The predicted molar refractivity (Wildman–Crippen MR) is 48.4 cm³/mol. The Kier molecular flexibility index (Phi) is 2.52. The van der Waals surface area contributed by atoms with E-state index < -0.39 is 5.60 Å². The number of carbonyl (C=O) groups excluding carboxylic acids is 1. The van der Waals surface area contributed by atoms with Gasteiger partial charge in [0.05, 0.1) is 18.7 Å². The molecule has 2 atom stereocenters. The quantitative estimate of drug-likeness (QED) is 0.623. The summed E-state index contributed by atoms with van der Waals surface area (Å²) < 4.78 is 5.14. The number of aliphatic hydroxyl groups is 1. The molecular formula is C9H17NO3. The maximum absolute atomic E-state index is 11.4. The first-order valence-corrected chi connectivity index (χ1v) is 4.49. The van der Waals surface area contributed by atoms with Crippen molar-refractivity contribution >= 4 is 6.09 Å². The second kappa shape index (κ2) is 3.18. The molecule has 0 bridgehead atoms. The van der Waals surface area contributed by atoms with Gasteiger partial charge in [0.25, 0.3) is 0 Å². The first kappa shape index (κ1) is 10.3. The fourth-order valence-electron chi connectivity index (χ4n) is 1.27. The van der Waals surface area contributed by atoms with Gasteiger partial charge in [-0.1, -0.05) is 0 Å².